The molecule has 0 bridgehead atoms. The maximum Gasteiger partial charge on any atom is 0.137 e. The van der Waals surface area contributed by atoms with Crippen molar-refractivity contribution in [1.29, 1.82) is 0 Å². The molecule has 3 nitrogen and oxygen atoms in total. The molecule has 1 aliphatic heterocycles. The van der Waals surface area contributed by atoms with E-state index in [1.165, 1.54) is 55.9 Å². The molecule has 1 aromatic heterocycles. The van der Waals surface area contributed by atoms with Crippen molar-refractivity contribution in [1.82, 2.24) is 0 Å². The van der Waals surface area contributed by atoms with E-state index < -0.39 is 8.80 Å². The Hall–Kier alpha value is -5.32. The number of allylic oxidation sites excluding steroid dienone is 6. The molecule has 0 saturated carbocycles. The minimum atomic E-state index is -1.09. The second kappa shape index (κ2) is 12.7. The highest BCUT2D eigenvalue weighted by atomic mass is 28.3. The normalized spacial score (nSPS) is 20.5. The van der Waals surface area contributed by atoms with Crippen LogP contribution in [0.15, 0.2) is 154 Å². The quantitative estimate of drug-likeness (QED) is 0.128. The second-order valence-corrected chi connectivity index (χ2v) is 18.1. The molecule has 6 aromatic rings. The number of hydrogen-bond acceptors (Lipinski definition) is 3. The highest BCUT2D eigenvalue weighted by Gasteiger charge is 2.39. The van der Waals surface area contributed by atoms with E-state index in [0.717, 1.165) is 54.4 Å². The van der Waals surface area contributed by atoms with Gasteiger partial charge in [0.1, 0.15) is 22.7 Å². The lowest BCUT2D eigenvalue weighted by Gasteiger charge is -2.37. The van der Waals surface area contributed by atoms with Crippen molar-refractivity contribution in [3.8, 4) is 16.9 Å². The van der Waals surface area contributed by atoms with Gasteiger partial charge in [-0.25, -0.2) is 0 Å². The summed E-state index contributed by atoms with van der Waals surface area (Å²) in [5.41, 5.74) is 12.4. The molecule has 2 heterocycles. The lowest BCUT2D eigenvalue weighted by Crippen LogP contribution is -2.33. The monoisotopic (exact) mass is 693 g/mol. The van der Waals surface area contributed by atoms with Gasteiger partial charge in [0, 0.05) is 28.5 Å². The van der Waals surface area contributed by atoms with E-state index in [2.05, 4.69) is 158 Å². The van der Waals surface area contributed by atoms with E-state index in [4.69, 9.17) is 9.15 Å². The van der Waals surface area contributed by atoms with Crippen molar-refractivity contribution < 1.29 is 9.15 Å². The molecule has 5 aromatic carbocycles. The van der Waals surface area contributed by atoms with Gasteiger partial charge in [-0.15, -0.1) is 0 Å². The summed E-state index contributed by atoms with van der Waals surface area (Å²) in [7, 11) is -1.09. The summed E-state index contributed by atoms with van der Waals surface area (Å²) in [6, 6.07) is 40.0. The maximum atomic E-state index is 6.74. The van der Waals surface area contributed by atoms with Gasteiger partial charge < -0.3 is 14.1 Å². The number of nitrogens with zero attached hydrogens (tertiary/aromatic N) is 1. The molecule has 256 valence electrons. The number of benzene rings is 5. The first-order valence-corrected chi connectivity index (χ1v) is 22.0. The molecular formula is C48H43NO2Si. The van der Waals surface area contributed by atoms with Crippen LogP contribution in [-0.4, -0.2) is 14.8 Å². The van der Waals surface area contributed by atoms with Crippen molar-refractivity contribution in [2.75, 3.05) is 4.90 Å². The van der Waals surface area contributed by atoms with Gasteiger partial charge in [-0.05, 0) is 96.3 Å². The van der Waals surface area contributed by atoms with E-state index in [1.807, 2.05) is 0 Å². The first kappa shape index (κ1) is 31.4. The fourth-order valence-electron chi connectivity index (χ4n) is 9.29. The molecule has 3 unspecified atom stereocenters. The SMILES string of the molecule is C[SiH](C)C1=CCC2C(=C1C1C=CC(N(c3cccc(-c4ccc5c(c4)CCC=C5)c3)c3cccc4oc5ccccc5c34)CC1)Oc1ccccc12. The van der Waals surface area contributed by atoms with Crippen molar-refractivity contribution in [2.45, 2.75) is 57.2 Å². The standard InChI is InChI=1S/C48H43NO2Si/c1-52(2)45-28-27-39-38-15-5-7-18-42(38)51-48(39)46(45)32-23-25-36(26-24-32)49(41-17-10-20-44-47(41)40-16-6-8-19-43(40)50-44)37-14-9-13-34(30-37)35-22-21-31-11-3-4-12-33(31)29-35/h3,5-11,13-23,25,28-30,32,36,39,52H,4,12,24,26-27H2,1-2H3. The number of furan rings is 1. The Morgan fingerprint density at radius 1 is 0.769 bits per heavy atom. The van der Waals surface area contributed by atoms with Crippen LogP contribution >= 0.6 is 0 Å². The van der Waals surface area contributed by atoms with Crippen LogP contribution in [0.3, 0.4) is 0 Å². The molecule has 3 atom stereocenters. The number of hydrogen-bond donors (Lipinski definition) is 0. The van der Waals surface area contributed by atoms with Crippen LogP contribution in [0.5, 0.6) is 5.75 Å². The Morgan fingerprint density at radius 2 is 1.62 bits per heavy atom. The molecular weight excluding hydrogens is 651 g/mol. The fourth-order valence-corrected chi connectivity index (χ4v) is 10.9. The second-order valence-electron chi connectivity index (χ2n) is 15.2. The third kappa shape index (κ3) is 5.23. The highest BCUT2D eigenvalue weighted by Crippen LogP contribution is 2.51. The predicted octanol–water partition coefficient (Wildman–Crippen LogP) is 12.5. The van der Waals surface area contributed by atoms with Crippen LogP contribution in [0.1, 0.15) is 48.3 Å². The fraction of sp³-hybridized carbons (Fsp3) is 0.208. The first-order chi connectivity index (χ1) is 25.6. The highest BCUT2D eigenvalue weighted by molar-refractivity contribution is 6.65. The van der Waals surface area contributed by atoms with E-state index in [1.54, 1.807) is 5.20 Å². The lowest BCUT2D eigenvalue weighted by atomic mass is 9.80. The van der Waals surface area contributed by atoms with Crippen LogP contribution in [0.25, 0.3) is 39.1 Å². The molecule has 3 aliphatic carbocycles. The molecule has 52 heavy (non-hydrogen) atoms. The van der Waals surface area contributed by atoms with Gasteiger partial charge in [-0.2, -0.15) is 0 Å². The van der Waals surface area contributed by atoms with Gasteiger partial charge in [0.2, 0.25) is 0 Å². The summed E-state index contributed by atoms with van der Waals surface area (Å²) in [6.45, 7) is 4.93. The number of aryl methyl sites for hydroxylation is 1. The predicted molar refractivity (Wildman–Crippen MR) is 219 cm³/mol. The largest absolute Gasteiger partial charge is 0.460 e. The van der Waals surface area contributed by atoms with Crippen LogP contribution in [0.4, 0.5) is 11.4 Å². The number of anilines is 2. The van der Waals surface area contributed by atoms with Gasteiger partial charge in [-0.1, -0.05) is 121 Å². The van der Waals surface area contributed by atoms with Crippen LogP contribution in [0.2, 0.25) is 13.1 Å². The number of fused-ring (bicyclic) bond motifs is 7. The Bertz CT molecular complexity index is 2500. The van der Waals surface area contributed by atoms with Crippen LogP contribution in [0, 0.1) is 5.92 Å². The Kier molecular flexibility index (Phi) is 7.68. The van der Waals surface area contributed by atoms with E-state index >= 15 is 0 Å². The summed E-state index contributed by atoms with van der Waals surface area (Å²) in [5, 5.41) is 3.92. The van der Waals surface area contributed by atoms with Gasteiger partial charge in [0.15, 0.2) is 0 Å². The maximum absolute atomic E-state index is 6.74. The Labute approximate surface area is 307 Å². The van der Waals surface area contributed by atoms with Crippen LogP contribution < -0.4 is 9.64 Å². The molecule has 0 amide bonds. The van der Waals surface area contributed by atoms with Gasteiger partial charge in [0.25, 0.3) is 0 Å². The molecule has 0 fully saturated rings. The Balaban J connectivity index is 1.08. The van der Waals surface area contributed by atoms with Crippen molar-refractivity contribution >= 4 is 48.2 Å². The minimum absolute atomic E-state index is 0.176. The first-order valence-electron chi connectivity index (χ1n) is 19.1. The summed E-state index contributed by atoms with van der Waals surface area (Å²) >= 11 is 0. The number of rotatable bonds is 6. The summed E-state index contributed by atoms with van der Waals surface area (Å²) in [4.78, 5) is 2.58. The van der Waals surface area contributed by atoms with E-state index in [-0.39, 0.29) is 6.04 Å². The summed E-state index contributed by atoms with van der Waals surface area (Å²) in [5.74, 6) is 2.93. The third-order valence-corrected chi connectivity index (χ3v) is 13.6. The molecule has 4 aliphatic rings. The molecule has 0 radical (unpaired) electrons. The smallest absolute Gasteiger partial charge is 0.137 e. The lowest BCUT2D eigenvalue weighted by molar-refractivity contribution is 0.405. The van der Waals surface area contributed by atoms with Crippen molar-refractivity contribution in [2.24, 2.45) is 5.92 Å². The van der Waals surface area contributed by atoms with Gasteiger partial charge in [-0.3, -0.25) is 0 Å². The average molecular weight is 694 g/mol. The third-order valence-electron chi connectivity index (χ3n) is 11.8. The zero-order valence-corrected chi connectivity index (χ0v) is 31.0. The summed E-state index contributed by atoms with van der Waals surface area (Å²) in [6.07, 6.45) is 17.5. The molecule has 10 rings (SSSR count). The molecule has 0 saturated heterocycles. The Morgan fingerprint density at radius 3 is 2.52 bits per heavy atom. The molecule has 0 spiro atoms. The van der Waals surface area contributed by atoms with Crippen molar-refractivity contribution in [3.05, 3.63) is 167 Å². The van der Waals surface area contributed by atoms with Crippen molar-refractivity contribution in [3.63, 3.8) is 0 Å². The van der Waals surface area contributed by atoms with E-state index in [9.17, 15) is 0 Å². The minimum Gasteiger partial charge on any atom is -0.460 e. The zero-order valence-electron chi connectivity index (χ0n) is 29.9. The average Bonchev–Trinajstić information content (AvgIpc) is 3.77. The topological polar surface area (TPSA) is 25.6 Å². The molecule has 0 N–H and O–H groups in total. The molecule has 4 heteroatoms. The zero-order chi connectivity index (χ0) is 34.8. The van der Waals surface area contributed by atoms with Crippen LogP contribution in [-0.2, 0) is 6.42 Å². The number of para-hydroxylation sites is 2. The van der Waals surface area contributed by atoms with E-state index in [0.29, 0.717) is 11.8 Å². The summed E-state index contributed by atoms with van der Waals surface area (Å²) < 4.78 is 13.2. The van der Waals surface area contributed by atoms with Gasteiger partial charge in [0.05, 0.1) is 25.9 Å². The van der Waals surface area contributed by atoms with Gasteiger partial charge >= 0.3 is 0 Å². The number of ether oxygens (including phenoxy) is 1.